The van der Waals surface area contributed by atoms with Gasteiger partial charge < -0.3 is 20.5 Å². The molecule has 0 aliphatic rings. The van der Waals surface area contributed by atoms with Crippen LogP contribution in [0.3, 0.4) is 0 Å². The van der Waals surface area contributed by atoms with Crippen LogP contribution in [0.2, 0.25) is 0 Å². The molecule has 0 saturated carbocycles. The molecule has 180 valence electrons. The summed E-state index contributed by atoms with van der Waals surface area (Å²) >= 11 is 0. The second kappa shape index (κ2) is 10.0. The van der Waals surface area contributed by atoms with Crippen LogP contribution in [0.15, 0.2) is 59.7 Å². The molecule has 0 amide bonds. The molecule has 12 heteroatoms. The second-order valence-electron chi connectivity index (χ2n) is 7.31. The molecule has 0 bridgehead atoms. The molecule has 0 saturated heterocycles. The number of methoxy groups -OCH3 is 1. The summed E-state index contributed by atoms with van der Waals surface area (Å²) in [5, 5.41) is 15.1. The molecule has 0 spiro atoms. The van der Waals surface area contributed by atoms with E-state index in [1.807, 2.05) is 0 Å². The number of rotatable bonds is 9. The lowest BCUT2D eigenvalue weighted by Gasteiger charge is -2.21. The van der Waals surface area contributed by atoms with Crippen LogP contribution in [0, 0.1) is 11.2 Å². The Morgan fingerprint density at radius 2 is 1.97 bits per heavy atom. The third kappa shape index (κ3) is 4.95. The first-order valence-corrected chi connectivity index (χ1v) is 10.6. The summed E-state index contributed by atoms with van der Waals surface area (Å²) in [6.45, 7) is 2.16. The molecular formula is C23H23FN8O3. The molecule has 2 aromatic carbocycles. The number of benzene rings is 2. The summed E-state index contributed by atoms with van der Waals surface area (Å²) < 4.78 is 27.3. The van der Waals surface area contributed by atoms with Crippen LogP contribution in [0.25, 0.3) is 5.95 Å². The average molecular weight is 478 g/mol. The topological polar surface area (TPSA) is 157 Å². The smallest absolute Gasteiger partial charge is 0.350 e. The molecule has 1 unspecified atom stereocenters. The molecule has 2 heterocycles. The Morgan fingerprint density at radius 3 is 2.60 bits per heavy atom. The molecule has 0 aliphatic carbocycles. The number of ether oxygens (including phenoxy) is 2. The Bertz CT molecular complexity index is 1390. The van der Waals surface area contributed by atoms with Crippen LogP contribution in [-0.2, 0) is 0 Å². The first kappa shape index (κ1) is 23.4. The van der Waals surface area contributed by atoms with Gasteiger partial charge in [0.25, 0.3) is 5.95 Å². The van der Waals surface area contributed by atoms with E-state index in [1.54, 1.807) is 37.3 Å². The lowest BCUT2D eigenvalue weighted by molar-refractivity contribution is 0.331. The SMILES string of the molecule is CCOc1cc(OC)c(F)c(C(Nc2ccc(C(=N)N)cc2)c2nn(-c3ncccn3)c(=O)[nH]2)c1. The molecule has 1 atom stereocenters. The van der Waals surface area contributed by atoms with Crippen molar-refractivity contribution in [3.8, 4) is 17.4 Å². The Hall–Kier alpha value is -4.74. The molecule has 35 heavy (non-hydrogen) atoms. The van der Waals surface area contributed by atoms with Crippen LogP contribution >= 0.6 is 0 Å². The quantitative estimate of drug-likeness (QED) is 0.211. The Morgan fingerprint density at radius 1 is 1.26 bits per heavy atom. The zero-order valence-corrected chi connectivity index (χ0v) is 18.9. The summed E-state index contributed by atoms with van der Waals surface area (Å²) in [6.07, 6.45) is 2.96. The lowest BCUT2D eigenvalue weighted by atomic mass is 10.0. The van der Waals surface area contributed by atoms with Gasteiger partial charge in [0.1, 0.15) is 17.6 Å². The zero-order valence-electron chi connectivity index (χ0n) is 18.9. The molecule has 5 N–H and O–H groups in total. The Kier molecular flexibility index (Phi) is 6.71. The van der Waals surface area contributed by atoms with Crippen LogP contribution in [0.4, 0.5) is 10.1 Å². The number of nitrogens with one attached hydrogen (secondary N) is 3. The van der Waals surface area contributed by atoms with Crippen molar-refractivity contribution in [2.75, 3.05) is 19.0 Å². The van der Waals surface area contributed by atoms with Crippen molar-refractivity contribution in [1.82, 2.24) is 24.7 Å². The predicted octanol–water partition coefficient (Wildman–Crippen LogP) is 2.38. The summed E-state index contributed by atoms with van der Waals surface area (Å²) in [5.41, 5.74) is 6.15. The maximum Gasteiger partial charge on any atom is 0.350 e. The zero-order chi connectivity index (χ0) is 24.9. The first-order valence-electron chi connectivity index (χ1n) is 10.6. The van der Waals surface area contributed by atoms with Crippen molar-refractivity contribution in [3.05, 3.63) is 88.1 Å². The highest BCUT2D eigenvalue weighted by Gasteiger charge is 2.26. The van der Waals surface area contributed by atoms with Gasteiger partial charge in [0.05, 0.1) is 13.7 Å². The maximum atomic E-state index is 15.5. The van der Waals surface area contributed by atoms with E-state index in [0.29, 0.717) is 23.6 Å². The highest BCUT2D eigenvalue weighted by atomic mass is 19.1. The maximum absolute atomic E-state index is 15.5. The fourth-order valence-electron chi connectivity index (χ4n) is 3.41. The highest BCUT2D eigenvalue weighted by molar-refractivity contribution is 5.95. The van der Waals surface area contributed by atoms with E-state index in [1.165, 1.54) is 31.6 Å². The first-order chi connectivity index (χ1) is 16.9. The van der Waals surface area contributed by atoms with Crippen molar-refractivity contribution in [2.24, 2.45) is 5.73 Å². The van der Waals surface area contributed by atoms with E-state index in [0.717, 1.165) is 4.68 Å². The number of H-pyrrole nitrogens is 1. The number of nitrogens with zero attached hydrogens (tertiary/aromatic N) is 4. The number of nitrogen functional groups attached to an aromatic ring is 1. The number of amidine groups is 1. The summed E-state index contributed by atoms with van der Waals surface area (Å²) in [5.74, 6) is -0.219. The minimum absolute atomic E-state index is 0.0298. The summed E-state index contributed by atoms with van der Waals surface area (Å²) in [7, 11) is 1.35. The molecule has 11 nitrogen and oxygen atoms in total. The normalized spacial score (nSPS) is 11.6. The number of aromatic amines is 1. The molecule has 4 rings (SSSR count). The van der Waals surface area contributed by atoms with Crippen molar-refractivity contribution >= 4 is 11.5 Å². The number of aromatic nitrogens is 5. The summed E-state index contributed by atoms with van der Waals surface area (Å²) in [4.78, 5) is 23.4. The van der Waals surface area contributed by atoms with Gasteiger partial charge in [-0.15, -0.1) is 9.78 Å². The van der Waals surface area contributed by atoms with E-state index in [2.05, 4.69) is 25.4 Å². The van der Waals surface area contributed by atoms with Gasteiger partial charge >= 0.3 is 5.69 Å². The van der Waals surface area contributed by atoms with Crippen LogP contribution in [0.1, 0.15) is 29.9 Å². The number of nitrogens with two attached hydrogens (primary N) is 1. The van der Waals surface area contributed by atoms with E-state index in [4.69, 9.17) is 20.6 Å². The van der Waals surface area contributed by atoms with Crippen LogP contribution in [-0.4, -0.2) is 44.3 Å². The van der Waals surface area contributed by atoms with Crippen LogP contribution in [0.5, 0.6) is 11.5 Å². The third-order valence-corrected chi connectivity index (χ3v) is 5.04. The minimum atomic E-state index is -0.967. The molecule has 0 radical (unpaired) electrons. The van der Waals surface area contributed by atoms with E-state index >= 15 is 4.39 Å². The van der Waals surface area contributed by atoms with Gasteiger partial charge in [0, 0.05) is 35.3 Å². The molecule has 0 fully saturated rings. The van der Waals surface area contributed by atoms with Crippen molar-refractivity contribution in [1.29, 1.82) is 5.41 Å². The van der Waals surface area contributed by atoms with Gasteiger partial charge in [0.2, 0.25) is 0 Å². The van der Waals surface area contributed by atoms with E-state index in [9.17, 15) is 4.79 Å². The fourth-order valence-corrected chi connectivity index (χ4v) is 3.41. The standard InChI is InChI=1S/C23H23FN8O3/c1-3-35-15-11-16(18(24)17(12-15)34-2)19(29-14-7-5-13(6-8-14)20(25)26)21-30-23(33)32(31-21)22-27-9-4-10-28-22/h4-12,19,29H,3H2,1-2H3,(H3,25,26)(H,30,31,33). The predicted molar refractivity (Wildman–Crippen MR) is 127 cm³/mol. The summed E-state index contributed by atoms with van der Waals surface area (Å²) in [6, 6.07) is 10.3. The molecular weight excluding hydrogens is 455 g/mol. The Balaban J connectivity index is 1.84. The minimum Gasteiger partial charge on any atom is -0.494 e. The Labute approximate surface area is 199 Å². The van der Waals surface area contributed by atoms with Gasteiger partial charge in [-0.25, -0.2) is 19.2 Å². The van der Waals surface area contributed by atoms with Crippen molar-refractivity contribution in [3.63, 3.8) is 0 Å². The van der Waals surface area contributed by atoms with E-state index < -0.39 is 17.5 Å². The molecule has 0 aliphatic heterocycles. The molecule has 4 aromatic rings. The largest absolute Gasteiger partial charge is 0.494 e. The highest BCUT2D eigenvalue weighted by Crippen LogP contribution is 2.34. The van der Waals surface area contributed by atoms with Gasteiger partial charge in [-0.05, 0) is 43.3 Å². The number of halogens is 1. The number of hydrogen-bond donors (Lipinski definition) is 4. The van der Waals surface area contributed by atoms with Crippen molar-refractivity contribution in [2.45, 2.75) is 13.0 Å². The van der Waals surface area contributed by atoms with E-state index in [-0.39, 0.29) is 28.9 Å². The lowest BCUT2D eigenvalue weighted by Crippen LogP contribution is -2.18. The monoisotopic (exact) mass is 478 g/mol. The third-order valence-electron chi connectivity index (χ3n) is 5.04. The van der Waals surface area contributed by atoms with Gasteiger partial charge in [-0.1, -0.05) is 0 Å². The fraction of sp³-hybridized carbons (Fsp3) is 0.174. The second-order valence-corrected chi connectivity index (χ2v) is 7.31. The van der Waals surface area contributed by atoms with Gasteiger partial charge in [-0.3, -0.25) is 10.4 Å². The number of hydrogen-bond acceptors (Lipinski definition) is 8. The molecule has 2 aromatic heterocycles. The van der Waals surface area contributed by atoms with Crippen LogP contribution < -0.4 is 26.2 Å². The van der Waals surface area contributed by atoms with Gasteiger partial charge in [-0.2, -0.15) is 0 Å². The van der Waals surface area contributed by atoms with Gasteiger partial charge in [0.15, 0.2) is 17.4 Å². The van der Waals surface area contributed by atoms with Crippen molar-refractivity contribution < 1.29 is 13.9 Å². The average Bonchev–Trinajstić information content (AvgIpc) is 3.26. The number of anilines is 1.